The number of methoxy groups -OCH3 is 1. The lowest BCUT2D eigenvalue weighted by Crippen LogP contribution is -2.37. The first-order chi connectivity index (χ1) is 16.0. The monoisotopic (exact) mass is 447 g/mol. The molecular weight excluding hydrogens is 426 g/mol. The number of morpholine rings is 1. The molecule has 2 heterocycles. The van der Waals surface area contributed by atoms with Crippen LogP contribution >= 0.6 is 0 Å². The number of carbonyl (C=O) groups excluding carboxylic acids is 1. The van der Waals surface area contributed by atoms with Gasteiger partial charge in [0.15, 0.2) is 0 Å². The Balaban J connectivity index is 1.55. The minimum absolute atomic E-state index is 0.156. The number of rotatable bonds is 5. The van der Waals surface area contributed by atoms with Crippen molar-refractivity contribution < 1.29 is 23.6 Å². The van der Waals surface area contributed by atoms with E-state index in [1.807, 2.05) is 35.2 Å². The Bertz CT molecular complexity index is 1370. The van der Waals surface area contributed by atoms with E-state index in [2.05, 4.69) is 5.32 Å². The number of hydrogen-bond donors (Lipinski definition) is 1. The molecule has 9 nitrogen and oxygen atoms in total. The molecule has 0 saturated carbocycles. The Morgan fingerprint density at radius 3 is 2.61 bits per heavy atom. The summed E-state index contributed by atoms with van der Waals surface area (Å²) in [5, 5.41) is 16.0. The summed E-state index contributed by atoms with van der Waals surface area (Å²) in [4.78, 5) is 26.2. The van der Waals surface area contributed by atoms with Gasteiger partial charge in [-0.1, -0.05) is 18.2 Å². The second-order valence-corrected chi connectivity index (χ2v) is 7.66. The van der Waals surface area contributed by atoms with E-state index in [0.29, 0.717) is 49.0 Å². The number of nitro benzene ring substituents is 1. The molecule has 5 rings (SSSR count). The average molecular weight is 447 g/mol. The summed E-state index contributed by atoms with van der Waals surface area (Å²) in [6.45, 7) is 2.22. The number of para-hydroxylation sites is 1. The molecule has 0 bridgehead atoms. The van der Waals surface area contributed by atoms with E-state index in [4.69, 9.17) is 13.9 Å². The number of amides is 1. The Hall–Kier alpha value is -4.11. The molecule has 1 aliphatic heterocycles. The van der Waals surface area contributed by atoms with Crippen LogP contribution in [-0.2, 0) is 4.74 Å². The fraction of sp³-hybridized carbons (Fsp3) is 0.208. The Kier molecular flexibility index (Phi) is 5.31. The number of ether oxygens (including phenoxy) is 2. The van der Waals surface area contributed by atoms with E-state index < -0.39 is 10.8 Å². The largest absolute Gasteiger partial charge is 0.495 e. The minimum atomic E-state index is -0.513. The molecule has 3 aromatic carbocycles. The molecule has 0 aliphatic carbocycles. The van der Waals surface area contributed by atoms with Crippen molar-refractivity contribution in [3.8, 4) is 5.75 Å². The highest BCUT2D eigenvalue weighted by atomic mass is 16.6. The third-order valence-corrected chi connectivity index (χ3v) is 5.73. The van der Waals surface area contributed by atoms with Crippen molar-refractivity contribution in [2.24, 2.45) is 0 Å². The molecule has 0 unspecified atom stereocenters. The van der Waals surface area contributed by atoms with Crippen LogP contribution < -0.4 is 15.0 Å². The van der Waals surface area contributed by atoms with Gasteiger partial charge < -0.3 is 24.1 Å². The van der Waals surface area contributed by atoms with Crippen molar-refractivity contribution in [2.75, 3.05) is 43.6 Å². The lowest BCUT2D eigenvalue weighted by Gasteiger charge is -2.30. The molecule has 1 aliphatic rings. The minimum Gasteiger partial charge on any atom is -0.495 e. The smallest absolute Gasteiger partial charge is 0.270 e. The zero-order valence-electron chi connectivity index (χ0n) is 17.9. The van der Waals surface area contributed by atoms with Gasteiger partial charge in [0, 0.05) is 42.1 Å². The number of nitro groups is 1. The summed E-state index contributed by atoms with van der Waals surface area (Å²) in [6.07, 6.45) is 0. The number of hydrogen-bond acceptors (Lipinski definition) is 7. The molecule has 1 saturated heterocycles. The SMILES string of the molecule is COc1cc2c(cc1NC(=O)c1cc([N+](=O)[O-])ccc1N1CCOCC1)oc1ccccc12. The van der Waals surface area contributed by atoms with E-state index in [9.17, 15) is 14.9 Å². The molecular formula is C24H21N3O6. The molecule has 0 radical (unpaired) electrons. The van der Waals surface area contributed by atoms with Gasteiger partial charge in [0.1, 0.15) is 16.9 Å². The van der Waals surface area contributed by atoms with Gasteiger partial charge in [-0.05, 0) is 18.2 Å². The predicted octanol–water partition coefficient (Wildman–Crippen LogP) is 4.59. The predicted molar refractivity (Wildman–Crippen MR) is 124 cm³/mol. The Morgan fingerprint density at radius 2 is 1.85 bits per heavy atom. The standard InChI is InChI=1S/C24H21N3O6/c1-31-23-13-17-16-4-2-3-5-21(16)33-22(17)14-19(23)25-24(28)18-12-15(27(29)30)6-7-20(18)26-8-10-32-11-9-26/h2-7,12-14H,8-11H2,1H3,(H,25,28). The van der Waals surface area contributed by atoms with Gasteiger partial charge in [0.05, 0.1) is 42.2 Å². The molecule has 1 N–H and O–H groups in total. The van der Waals surface area contributed by atoms with E-state index in [1.54, 1.807) is 12.1 Å². The summed E-state index contributed by atoms with van der Waals surface area (Å²) >= 11 is 0. The van der Waals surface area contributed by atoms with Gasteiger partial charge in [-0.2, -0.15) is 0 Å². The van der Waals surface area contributed by atoms with E-state index >= 15 is 0 Å². The second-order valence-electron chi connectivity index (χ2n) is 7.66. The molecule has 1 fully saturated rings. The molecule has 0 atom stereocenters. The van der Waals surface area contributed by atoms with Crippen molar-refractivity contribution in [1.29, 1.82) is 0 Å². The lowest BCUT2D eigenvalue weighted by molar-refractivity contribution is -0.384. The highest BCUT2D eigenvalue weighted by Gasteiger charge is 2.23. The number of carbonyl (C=O) groups is 1. The van der Waals surface area contributed by atoms with Crippen molar-refractivity contribution in [2.45, 2.75) is 0 Å². The third kappa shape index (κ3) is 3.83. The summed E-state index contributed by atoms with van der Waals surface area (Å²) in [6, 6.07) is 15.5. The van der Waals surface area contributed by atoms with Gasteiger partial charge in [-0.15, -0.1) is 0 Å². The lowest BCUT2D eigenvalue weighted by atomic mass is 10.1. The van der Waals surface area contributed by atoms with Crippen molar-refractivity contribution in [3.05, 3.63) is 70.3 Å². The molecule has 9 heteroatoms. The molecule has 4 aromatic rings. The van der Waals surface area contributed by atoms with Crippen LogP contribution in [0.3, 0.4) is 0 Å². The van der Waals surface area contributed by atoms with Crippen LogP contribution in [-0.4, -0.2) is 44.2 Å². The quantitative estimate of drug-likeness (QED) is 0.352. The first kappa shape index (κ1) is 20.8. The fourth-order valence-electron chi connectivity index (χ4n) is 4.11. The number of nitrogens with zero attached hydrogens (tertiary/aromatic N) is 2. The first-order valence-corrected chi connectivity index (χ1v) is 10.5. The highest BCUT2D eigenvalue weighted by Crippen LogP contribution is 2.37. The number of nitrogens with one attached hydrogen (secondary N) is 1. The van der Waals surface area contributed by atoms with Crippen molar-refractivity contribution in [3.63, 3.8) is 0 Å². The summed E-state index contributed by atoms with van der Waals surface area (Å²) < 4.78 is 16.9. The van der Waals surface area contributed by atoms with E-state index in [1.165, 1.54) is 19.2 Å². The Labute approximate surface area is 188 Å². The maximum absolute atomic E-state index is 13.4. The van der Waals surface area contributed by atoms with Crippen LogP contribution in [0.4, 0.5) is 17.1 Å². The number of non-ortho nitro benzene ring substituents is 1. The van der Waals surface area contributed by atoms with Crippen LogP contribution in [0.25, 0.3) is 21.9 Å². The summed E-state index contributed by atoms with van der Waals surface area (Å²) in [5.41, 5.74) is 2.40. The summed E-state index contributed by atoms with van der Waals surface area (Å²) in [7, 11) is 1.52. The maximum Gasteiger partial charge on any atom is 0.270 e. The van der Waals surface area contributed by atoms with E-state index in [-0.39, 0.29) is 11.3 Å². The topological polar surface area (TPSA) is 107 Å². The number of fused-ring (bicyclic) bond motifs is 3. The number of anilines is 2. The fourth-order valence-corrected chi connectivity index (χ4v) is 4.11. The zero-order valence-corrected chi connectivity index (χ0v) is 17.9. The second kappa shape index (κ2) is 8.44. The van der Waals surface area contributed by atoms with Gasteiger partial charge in [-0.3, -0.25) is 14.9 Å². The van der Waals surface area contributed by atoms with Gasteiger partial charge in [0.2, 0.25) is 0 Å². The van der Waals surface area contributed by atoms with Gasteiger partial charge in [0.25, 0.3) is 11.6 Å². The zero-order chi connectivity index (χ0) is 22.9. The van der Waals surface area contributed by atoms with Crippen molar-refractivity contribution >= 4 is 44.9 Å². The molecule has 168 valence electrons. The van der Waals surface area contributed by atoms with Gasteiger partial charge >= 0.3 is 0 Å². The third-order valence-electron chi connectivity index (χ3n) is 5.73. The first-order valence-electron chi connectivity index (χ1n) is 10.5. The Morgan fingerprint density at radius 1 is 1.06 bits per heavy atom. The molecule has 1 aromatic heterocycles. The highest BCUT2D eigenvalue weighted by molar-refractivity contribution is 6.12. The summed E-state index contributed by atoms with van der Waals surface area (Å²) in [5.74, 6) is -0.0188. The van der Waals surface area contributed by atoms with Crippen LogP contribution in [0.1, 0.15) is 10.4 Å². The maximum atomic E-state index is 13.4. The number of benzene rings is 3. The molecule has 1 amide bonds. The van der Waals surface area contributed by atoms with Crippen molar-refractivity contribution in [1.82, 2.24) is 0 Å². The van der Waals surface area contributed by atoms with Crippen LogP contribution in [0, 0.1) is 10.1 Å². The number of furan rings is 1. The molecule has 0 spiro atoms. The van der Waals surface area contributed by atoms with Crippen LogP contribution in [0.2, 0.25) is 0 Å². The van der Waals surface area contributed by atoms with Crippen LogP contribution in [0.15, 0.2) is 59.0 Å². The van der Waals surface area contributed by atoms with E-state index in [0.717, 1.165) is 16.4 Å². The van der Waals surface area contributed by atoms with Crippen LogP contribution in [0.5, 0.6) is 5.75 Å². The average Bonchev–Trinajstić information content (AvgIpc) is 3.21. The normalized spacial score (nSPS) is 13.9. The molecule has 33 heavy (non-hydrogen) atoms. The van der Waals surface area contributed by atoms with Gasteiger partial charge in [-0.25, -0.2) is 0 Å².